The second-order valence-electron chi connectivity index (χ2n) is 7.30. The summed E-state index contributed by atoms with van der Waals surface area (Å²) in [5, 5.41) is 8.20. The number of urea groups is 1. The molecule has 2 aromatic carbocycles. The lowest BCUT2D eigenvalue weighted by Gasteiger charge is -2.20. The second kappa shape index (κ2) is 10.4. The normalized spacial score (nSPS) is 11.8. The maximum absolute atomic E-state index is 13.7. The van der Waals surface area contributed by atoms with E-state index in [4.69, 9.17) is 0 Å². The summed E-state index contributed by atoms with van der Waals surface area (Å²) in [5.41, 5.74) is 2.53. The first-order valence-electron chi connectivity index (χ1n) is 9.46. The van der Waals surface area contributed by atoms with Crippen molar-refractivity contribution in [1.29, 1.82) is 0 Å². The van der Waals surface area contributed by atoms with Crippen molar-refractivity contribution < 1.29 is 14.0 Å². The molecule has 1 unspecified atom stereocenters. The summed E-state index contributed by atoms with van der Waals surface area (Å²) in [6.45, 7) is 6.40. The fraction of sp³-hybridized carbons (Fsp3) is 0.364. The van der Waals surface area contributed by atoms with Crippen molar-refractivity contribution in [3.8, 4) is 0 Å². The summed E-state index contributed by atoms with van der Waals surface area (Å²) in [6.07, 6.45) is 0.487. The van der Waals surface area contributed by atoms with E-state index in [0.717, 1.165) is 11.1 Å². The van der Waals surface area contributed by atoms with Crippen LogP contribution in [0.2, 0.25) is 0 Å². The van der Waals surface area contributed by atoms with Crippen LogP contribution in [0, 0.1) is 18.7 Å². The van der Waals surface area contributed by atoms with Gasteiger partial charge in [0.05, 0.1) is 0 Å². The number of hydrogen-bond donors (Lipinski definition) is 3. The van der Waals surface area contributed by atoms with Gasteiger partial charge >= 0.3 is 6.03 Å². The highest BCUT2D eigenvalue weighted by Gasteiger charge is 2.22. The summed E-state index contributed by atoms with van der Waals surface area (Å²) in [5.74, 6) is -0.490. The first kappa shape index (κ1) is 21.4. The van der Waals surface area contributed by atoms with Crippen LogP contribution < -0.4 is 16.0 Å². The average molecular weight is 385 g/mol. The number of benzene rings is 2. The number of halogens is 1. The molecule has 0 aliphatic rings. The number of nitrogens with one attached hydrogen (secondary N) is 3. The van der Waals surface area contributed by atoms with E-state index >= 15 is 0 Å². The Labute approximate surface area is 165 Å². The van der Waals surface area contributed by atoms with Crippen LogP contribution in [0.5, 0.6) is 0 Å². The zero-order valence-corrected chi connectivity index (χ0v) is 16.6. The highest BCUT2D eigenvalue weighted by atomic mass is 19.1. The molecule has 0 saturated heterocycles. The van der Waals surface area contributed by atoms with E-state index in [-0.39, 0.29) is 24.2 Å². The smallest absolute Gasteiger partial charge is 0.315 e. The molecule has 0 radical (unpaired) electrons. The van der Waals surface area contributed by atoms with Gasteiger partial charge in [-0.25, -0.2) is 9.18 Å². The standard InChI is InChI=1S/C22H28FN3O2/c1-15(2)12-20(21(27)24-14-18-6-4-5-7-19(18)23)26-22(28)25-13-17-10-8-16(3)9-11-17/h4-11,15,20H,12-14H2,1-3H3,(H,24,27)(H2,25,26,28). The zero-order valence-electron chi connectivity index (χ0n) is 16.6. The monoisotopic (exact) mass is 385 g/mol. The summed E-state index contributed by atoms with van der Waals surface area (Å²) in [4.78, 5) is 24.8. The molecule has 0 fully saturated rings. The van der Waals surface area contributed by atoms with Crippen molar-refractivity contribution in [2.24, 2.45) is 5.92 Å². The molecule has 3 N–H and O–H groups in total. The highest BCUT2D eigenvalue weighted by molar-refractivity contribution is 5.87. The Morgan fingerprint density at radius 3 is 2.29 bits per heavy atom. The van der Waals surface area contributed by atoms with E-state index in [1.807, 2.05) is 45.0 Å². The van der Waals surface area contributed by atoms with Gasteiger partial charge in [0.25, 0.3) is 0 Å². The van der Waals surface area contributed by atoms with E-state index in [0.29, 0.717) is 18.5 Å². The highest BCUT2D eigenvalue weighted by Crippen LogP contribution is 2.08. The zero-order chi connectivity index (χ0) is 20.5. The molecule has 0 aliphatic heterocycles. The third-order valence-corrected chi connectivity index (χ3v) is 4.31. The van der Waals surface area contributed by atoms with E-state index < -0.39 is 12.1 Å². The molecule has 0 aliphatic carbocycles. The van der Waals surface area contributed by atoms with Gasteiger partial charge in [-0.15, -0.1) is 0 Å². The summed E-state index contributed by atoms with van der Waals surface area (Å²) >= 11 is 0. The molecule has 3 amide bonds. The van der Waals surface area contributed by atoms with Gasteiger partial charge in [0.1, 0.15) is 11.9 Å². The second-order valence-corrected chi connectivity index (χ2v) is 7.30. The molecular weight excluding hydrogens is 357 g/mol. The minimum absolute atomic E-state index is 0.0762. The van der Waals surface area contributed by atoms with Crippen molar-refractivity contribution in [3.05, 3.63) is 71.0 Å². The molecule has 1 atom stereocenters. The van der Waals surface area contributed by atoms with Gasteiger partial charge < -0.3 is 16.0 Å². The number of aryl methyl sites for hydroxylation is 1. The lowest BCUT2D eigenvalue weighted by molar-refractivity contribution is -0.123. The summed E-state index contributed by atoms with van der Waals surface area (Å²) < 4.78 is 13.7. The lowest BCUT2D eigenvalue weighted by Crippen LogP contribution is -2.50. The van der Waals surface area contributed by atoms with Crippen molar-refractivity contribution in [3.63, 3.8) is 0 Å². The van der Waals surface area contributed by atoms with E-state index in [1.54, 1.807) is 18.2 Å². The van der Waals surface area contributed by atoms with Gasteiger partial charge in [-0.05, 0) is 30.9 Å². The largest absolute Gasteiger partial charge is 0.350 e. The van der Waals surface area contributed by atoms with Crippen molar-refractivity contribution in [1.82, 2.24) is 16.0 Å². The van der Waals surface area contributed by atoms with Crippen molar-refractivity contribution in [2.75, 3.05) is 0 Å². The molecule has 150 valence electrons. The van der Waals surface area contributed by atoms with Crippen molar-refractivity contribution in [2.45, 2.75) is 46.3 Å². The molecule has 0 spiro atoms. The number of hydrogen-bond acceptors (Lipinski definition) is 2. The lowest BCUT2D eigenvalue weighted by atomic mass is 10.0. The molecule has 2 rings (SSSR count). The van der Waals surface area contributed by atoms with Crippen LogP contribution in [0.15, 0.2) is 48.5 Å². The quantitative estimate of drug-likeness (QED) is 0.649. The minimum Gasteiger partial charge on any atom is -0.350 e. The Bertz CT molecular complexity index is 791. The maximum atomic E-state index is 13.7. The molecule has 0 heterocycles. The number of carbonyl (C=O) groups is 2. The molecule has 0 bridgehead atoms. The average Bonchev–Trinajstić information content (AvgIpc) is 2.66. The maximum Gasteiger partial charge on any atom is 0.315 e. The minimum atomic E-state index is -0.690. The molecule has 0 saturated carbocycles. The number of amides is 3. The third kappa shape index (κ3) is 7.02. The first-order valence-corrected chi connectivity index (χ1v) is 9.46. The number of carbonyl (C=O) groups excluding carboxylic acids is 2. The van der Waals surface area contributed by atoms with Gasteiger partial charge in [0, 0.05) is 18.7 Å². The van der Waals surface area contributed by atoms with Crippen LogP contribution in [0.4, 0.5) is 9.18 Å². The number of rotatable bonds is 8. The summed E-state index contributed by atoms with van der Waals surface area (Å²) in [6, 6.07) is 13.0. The molecule has 2 aromatic rings. The van der Waals surface area contributed by atoms with Gasteiger partial charge in [-0.1, -0.05) is 61.9 Å². The Balaban J connectivity index is 1.90. The van der Waals surface area contributed by atoms with E-state index in [1.165, 1.54) is 6.07 Å². The SMILES string of the molecule is Cc1ccc(CNC(=O)NC(CC(C)C)C(=O)NCc2ccccc2F)cc1. The van der Waals surface area contributed by atoms with Crippen molar-refractivity contribution >= 4 is 11.9 Å². The van der Waals surface area contributed by atoms with Crippen LogP contribution in [0.3, 0.4) is 0 Å². The van der Waals surface area contributed by atoms with Gasteiger partial charge in [0.2, 0.25) is 5.91 Å². The van der Waals surface area contributed by atoms with Gasteiger partial charge in [0.15, 0.2) is 0 Å². The van der Waals surface area contributed by atoms with E-state index in [2.05, 4.69) is 16.0 Å². The Morgan fingerprint density at radius 2 is 1.64 bits per heavy atom. The predicted molar refractivity (Wildman–Crippen MR) is 108 cm³/mol. The molecular formula is C22H28FN3O2. The fourth-order valence-corrected chi connectivity index (χ4v) is 2.75. The Hall–Kier alpha value is -2.89. The van der Waals surface area contributed by atoms with Gasteiger partial charge in [-0.2, -0.15) is 0 Å². The predicted octanol–water partition coefficient (Wildman–Crippen LogP) is 3.66. The topological polar surface area (TPSA) is 70.2 Å². The van der Waals surface area contributed by atoms with Crippen LogP contribution in [-0.2, 0) is 17.9 Å². The molecule has 6 heteroatoms. The Kier molecular flexibility index (Phi) is 7.99. The molecule has 5 nitrogen and oxygen atoms in total. The van der Waals surface area contributed by atoms with Crippen LogP contribution in [0.1, 0.15) is 37.0 Å². The van der Waals surface area contributed by atoms with Crippen LogP contribution in [0.25, 0.3) is 0 Å². The van der Waals surface area contributed by atoms with Crippen LogP contribution >= 0.6 is 0 Å². The molecule has 28 heavy (non-hydrogen) atoms. The first-order chi connectivity index (χ1) is 13.3. The van der Waals surface area contributed by atoms with E-state index in [9.17, 15) is 14.0 Å². The summed E-state index contributed by atoms with van der Waals surface area (Å²) in [7, 11) is 0. The fourth-order valence-electron chi connectivity index (χ4n) is 2.75. The Morgan fingerprint density at radius 1 is 0.964 bits per heavy atom. The third-order valence-electron chi connectivity index (χ3n) is 4.31. The van der Waals surface area contributed by atoms with Crippen LogP contribution in [-0.4, -0.2) is 18.0 Å². The molecule has 0 aromatic heterocycles. The van der Waals surface area contributed by atoms with Gasteiger partial charge in [-0.3, -0.25) is 4.79 Å².